The van der Waals surface area contributed by atoms with Gasteiger partial charge in [-0.25, -0.2) is 0 Å². The van der Waals surface area contributed by atoms with Gasteiger partial charge in [-0.2, -0.15) is 0 Å². The van der Waals surface area contributed by atoms with E-state index in [0.717, 1.165) is 5.56 Å². The zero-order valence-corrected chi connectivity index (χ0v) is 18.9. The number of para-hydroxylation sites is 1. The number of aliphatic hydroxyl groups is 1. The number of ketones is 1. The lowest BCUT2D eigenvalue weighted by atomic mass is 9.93. The second-order valence-corrected chi connectivity index (χ2v) is 7.49. The van der Waals surface area contributed by atoms with E-state index < -0.39 is 17.7 Å². The van der Waals surface area contributed by atoms with Crippen LogP contribution in [0, 0.1) is 6.92 Å². The fourth-order valence-corrected chi connectivity index (χ4v) is 3.98. The van der Waals surface area contributed by atoms with Crippen LogP contribution in [0.3, 0.4) is 0 Å². The van der Waals surface area contributed by atoms with E-state index in [0.29, 0.717) is 48.8 Å². The number of carbonyl (C=O) groups is 2. The van der Waals surface area contributed by atoms with Gasteiger partial charge in [0.2, 0.25) is 0 Å². The summed E-state index contributed by atoms with van der Waals surface area (Å²) in [4.78, 5) is 27.6. The van der Waals surface area contributed by atoms with Crippen molar-refractivity contribution in [1.29, 1.82) is 0 Å². The molecule has 2 aromatic rings. The maximum Gasteiger partial charge on any atom is 0.295 e. The first-order valence-electron chi connectivity index (χ1n) is 10.6. The Morgan fingerprint density at radius 2 is 1.88 bits per heavy atom. The molecule has 7 nitrogen and oxygen atoms in total. The molecule has 0 unspecified atom stereocenters. The summed E-state index contributed by atoms with van der Waals surface area (Å²) < 4.78 is 16.2. The van der Waals surface area contributed by atoms with Gasteiger partial charge in [0.25, 0.3) is 11.7 Å². The SMILES string of the molecule is CCOc1ccccc1[C@@H]1C(=C(O)c2ccc(OC)cc2C)C(=O)C(=O)N1CCCOC. The zero-order chi connectivity index (χ0) is 23.3. The number of aliphatic hydroxyl groups excluding tert-OH is 1. The van der Waals surface area contributed by atoms with Crippen molar-refractivity contribution in [2.75, 3.05) is 34.0 Å². The molecule has 0 spiro atoms. The lowest BCUT2D eigenvalue weighted by Gasteiger charge is -2.27. The summed E-state index contributed by atoms with van der Waals surface area (Å²) in [6.07, 6.45) is 0.554. The highest BCUT2D eigenvalue weighted by molar-refractivity contribution is 6.46. The van der Waals surface area contributed by atoms with E-state index in [9.17, 15) is 14.7 Å². The number of hydrogen-bond acceptors (Lipinski definition) is 6. The molecule has 3 rings (SSSR count). The Morgan fingerprint density at radius 3 is 2.53 bits per heavy atom. The molecule has 0 saturated carbocycles. The van der Waals surface area contributed by atoms with Crippen LogP contribution in [0.1, 0.15) is 36.1 Å². The molecule has 170 valence electrons. The Balaban J connectivity index is 2.19. The van der Waals surface area contributed by atoms with Gasteiger partial charge in [-0.1, -0.05) is 18.2 Å². The number of hydrogen-bond donors (Lipinski definition) is 1. The minimum absolute atomic E-state index is 0.0489. The number of benzene rings is 2. The average Bonchev–Trinajstić information content (AvgIpc) is 3.04. The summed E-state index contributed by atoms with van der Waals surface area (Å²) in [5, 5.41) is 11.3. The Morgan fingerprint density at radius 1 is 1.12 bits per heavy atom. The van der Waals surface area contributed by atoms with Gasteiger partial charge in [0.05, 0.1) is 25.3 Å². The molecule has 1 N–H and O–H groups in total. The molecule has 0 radical (unpaired) electrons. The van der Waals surface area contributed by atoms with E-state index in [-0.39, 0.29) is 11.3 Å². The minimum atomic E-state index is -0.767. The number of methoxy groups -OCH3 is 2. The van der Waals surface area contributed by atoms with Crippen LogP contribution in [0.4, 0.5) is 0 Å². The molecule has 2 aromatic carbocycles. The molecular formula is C25H29NO6. The standard InChI is InChI=1S/C25H29NO6/c1-5-32-20-10-7-6-9-19(20)22-21(24(28)25(29)26(22)13-8-14-30-3)23(27)18-12-11-17(31-4)15-16(18)2/h6-7,9-12,15,22,27H,5,8,13-14H2,1-4H3/t22-/m1/s1. The van der Waals surface area contributed by atoms with Crippen LogP contribution in [-0.4, -0.2) is 55.7 Å². The summed E-state index contributed by atoms with van der Waals surface area (Å²) in [5.41, 5.74) is 1.90. The van der Waals surface area contributed by atoms with Crippen LogP contribution in [0.15, 0.2) is 48.0 Å². The fourth-order valence-electron chi connectivity index (χ4n) is 3.98. The average molecular weight is 440 g/mol. The van der Waals surface area contributed by atoms with Crippen molar-refractivity contribution in [3.63, 3.8) is 0 Å². The van der Waals surface area contributed by atoms with Crippen molar-refractivity contribution in [2.24, 2.45) is 0 Å². The topological polar surface area (TPSA) is 85.3 Å². The van der Waals surface area contributed by atoms with Gasteiger partial charge in [0.1, 0.15) is 17.3 Å². The van der Waals surface area contributed by atoms with E-state index in [1.807, 2.05) is 32.0 Å². The lowest BCUT2D eigenvalue weighted by molar-refractivity contribution is -0.140. The van der Waals surface area contributed by atoms with Crippen LogP contribution in [0.25, 0.3) is 5.76 Å². The number of nitrogens with zero attached hydrogens (tertiary/aromatic N) is 1. The first-order chi connectivity index (χ1) is 15.4. The maximum atomic E-state index is 13.1. The number of Topliss-reactive ketones (excluding diaryl/α,β-unsaturated/α-hetero) is 1. The number of likely N-dealkylation sites (tertiary alicyclic amines) is 1. The van der Waals surface area contributed by atoms with Gasteiger partial charge in [-0.15, -0.1) is 0 Å². The van der Waals surface area contributed by atoms with Crippen molar-refractivity contribution in [1.82, 2.24) is 4.90 Å². The van der Waals surface area contributed by atoms with Crippen LogP contribution in [0.2, 0.25) is 0 Å². The predicted molar refractivity (Wildman–Crippen MR) is 121 cm³/mol. The number of aryl methyl sites for hydroxylation is 1. The number of rotatable bonds is 9. The molecule has 1 fully saturated rings. The fraction of sp³-hybridized carbons (Fsp3) is 0.360. The van der Waals surface area contributed by atoms with E-state index in [4.69, 9.17) is 14.2 Å². The summed E-state index contributed by atoms with van der Waals surface area (Å²) in [5.74, 6) is -0.376. The molecule has 1 aliphatic heterocycles. The van der Waals surface area contributed by atoms with Gasteiger partial charge in [-0.3, -0.25) is 9.59 Å². The third-order valence-corrected chi connectivity index (χ3v) is 5.49. The summed E-state index contributed by atoms with van der Waals surface area (Å²) in [6.45, 7) is 4.86. The molecule has 0 bridgehead atoms. The Bertz CT molecular complexity index is 1030. The van der Waals surface area contributed by atoms with E-state index >= 15 is 0 Å². The first kappa shape index (κ1) is 23.3. The summed E-state index contributed by atoms with van der Waals surface area (Å²) >= 11 is 0. The van der Waals surface area contributed by atoms with Gasteiger partial charge in [-0.05, 0) is 50.1 Å². The van der Waals surface area contributed by atoms with Gasteiger partial charge < -0.3 is 24.2 Å². The molecule has 1 aliphatic rings. The van der Waals surface area contributed by atoms with Crippen molar-refractivity contribution >= 4 is 17.4 Å². The smallest absolute Gasteiger partial charge is 0.295 e. The van der Waals surface area contributed by atoms with Crippen molar-refractivity contribution < 1.29 is 28.9 Å². The molecule has 32 heavy (non-hydrogen) atoms. The lowest BCUT2D eigenvalue weighted by Crippen LogP contribution is -2.31. The molecule has 0 aromatic heterocycles. The van der Waals surface area contributed by atoms with Crippen LogP contribution in [0.5, 0.6) is 11.5 Å². The Hall–Kier alpha value is -3.32. The molecule has 7 heteroatoms. The van der Waals surface area contributed by atoms with E-state index in [1.165, 1.54) is 4.90 Å². The van der Waals surface area contributed by atoms with Crippen LogP contribution in [-0.2, 0) is 14.3 Å². The number of carbonyl (C=O) groups excluding carboxylic acids is 2. The second kappa shape index (κ2) is 10.3. The van der Waals surface area contributed by atoms with Gasteiger partial charge >= 0.3 is 0 Å². The third kappa shape index (κ3) is 4.48. The molecule has 1 heterocycles. The van der Waals surface area contributed by atoms with Crippen LogP contribution >= 0.6 is 0 Å². The van der Waals surface area contributed by atoms with Crippen LogP contribution < -0.4 is 9.47 Å². The van der Waals surface area contributed by atoms with Crippen molar-refractivity contribution in [2.45, 2.75) is 26.3 Å². The van der Waals surface area contributed by atoms with Crippen molar-refractivity contribution in [3.8, 4) is 11.5 Å². The van der Waals surface area contributed by atoms with E-state index in [2.05, 4.69) is 0 Å². The zero-order valence-electron chi connectivity index (χ0n) is 18.9. The molecule has 1 amide bonds. The number of ether oxygens (including phenoxy) is 3. The summed E-state index contributed by atoms with van der Waals surface area (Å²) in [7, 11) is 3.15. The largest absolute Gasteiger partial charge is 0.507 e. The third-order valence-electron chi connectivity index (χ3n) is 5.49. The normalized spacial score (nSPS) is 17.6. The van der Waals surface area contributed by atoms with Gasteiger partial charge in [0.15, 0.2) is 0 Å². The second-order valence-electron chi connectivity index (χ2n) is 7.49. The quantitative estimate of drug-likeness (QED) is 0.276. The summed E-state index contributed by atoms with van der Waals surface area (Å²) in [6, 6.07) is 11.7. The van der Waals surface area contributed by atoms with Gasteiger partial charge in [0, 0.05) is 31.4 Å². The molecular weight excluding hydrogens is 410 g/mol. The number of amides is 1. The van der Waals surface area contributed by atoms with Crippen molar-refractivity contribution in [3.05, 3.63) is 64.7 Å². The highest BCUT2D eigenvalue weighted by atomic mass is 16.5. The monoisotopic (exact) mass is 439 g/mol. The molecule has 0 aliphatic carbocycles. The first-order valence-corrected chi connectivity index (χ1v) is 10.6. The molecule has 1 atom stereocenters. The maximum absolute atomic E-state index is 13.1. The Labute approximate surface area is 188 Å². The minimum Gasteiger partial charge on any atom is -0.507 e. The highest BCUT2D eigenvalue weighted by Gasteiger charge is 2.46. The highest BCUT2D eigenvalue weighted by Crippen LogP contribution is 2.43. The molecule has 1 saturated heterocycles. The Kier molecular flexibility index (Phi) is 7.53. The van der Waals surface area contributed by atoms with E-state index in [1.54, 1.807) is 38.5 Å². The predicted octanol–water partition coefficient (Wildman–Crippen LogP) is 3.86.